The van der Waals surface area contributed by atoms with Gasteiger partial charge in [0.15, 0.2) is 0 Å². The zero-order chi connectivity index (χ0) is 14.7. The Morgan fingerprint density at radius 2 is 1.95 bits per heavy atom. The maximum atomic E-state index is 13.2. The van der Waals surface area contributed by atoms with E-state index in [1.165, 1.54) is 12.3 Å². The summed E-state index contributed by atoms with van der Waals surface area (Å²) in [4.78, 5) is 7.89. The van der Waals surface area contributed by atoms with Crippen molar-refractivity contribution in [3.63, 3.8) is 0 Å². The number of rotatable bonds is 4. The van der Waals surface area contributed by atoms with Crippen molar-refractivity contribution in [1.29, 1.82) is 0 Å². The van der Waals surface area contributed by atoms with Crippen molar-refractivity contribution in [2.45, 2.75) is 13.0 Å². The number of imidazole rings is 1. The van der Waals surface area contributed by atoms with E-state index in [1.54, 1.807) is 18.7 Å². The molecule has 0 saturated carbocycles. The number of nitrogens with one attached hydrogen (secondary N) is 1. The minimum atomic E-state index is -0.323. The lowest BCUT2D eigenvalue weighted by Gasteiger charge is -2.15. The number of hydrogen-bond donors (Lipinski definition) is 1. The Labute approximate surface area is 122 Å². The number of pyridine rings is 1. The van der Waals surface area contributed by atoms with E-state index in [1.807, 2.05) is 42.0 Å². The van der Waals surface area contributed by atoms with Crippen LogP contribution in [0.5, 0.6) is 0 Å². The molecule has 1 atom stereocenters. The number of anilines is 1. The quantitative estimate of drug-likeness (QED) is 0.795. The monoisotopic (exact) mass is 282 g/mol. The molecule has 1 N–H and O–H groups in total. The molecule has 0 amide bonds. The fraction of sp³-hybridized carbons (Fsp3) is 0.125. The second kappa shape index (κ2) is 5.75. The smallest absolute Gasteiger partial charge is 0.141 e. The highest BCUT2D eigenvalue weighted by Crippen LogP contribution is 2.20. The van der Waals surface area contributed by atoms with Crippen LogP contribution in [-0.2, 0) is 0 Å². The zero-order valence-electron chi connectivity index (χ0n) is 11.6. The molecule has 1 aromatic carbocycles. The Hall–Kier alpha value is -2.69. The van der Waals surface area contributed by atoms with Crippen LogP contribution in [0.2, 0.25) is 0 Å². The van der Waals surface area contributed by atoms with Gasteiger partial charge in [-0.1, -0.05) is 0 Å². The average molecular weight is 282 g/mol. The highest BCUT2D eigenvalue weighted by atomic mass is 19.1. The molecule has 4 nitrogen and oxygen atoms in total. The minimum absolute atomic E-state index is 0.0210. The second-order valence-corrected chi connectivity index (χ2v) is 4.82. The lowest BCUT2D eigenvalue weighted by molar-refractivity contribution is 0.616. The molecule has 2 heterocycles. The van der Waals surface area contributed by atoms with Crippen LogP contribution < -0.4 is 5.32 Å². The fourth-order valence-electron chi connectivity index (χ4n) is 2.14. The number of aromatic nitrogens is 3. The first-order valence-electron chi connectivity index (χ1n) is 6.68. The van der Waals surface area contributed by atoms with E-state index >= 15 is 0 Å². The molecule has 0 bridgehead atoms. The molecular weight excluding hydrogens is 267 g/mol. The number of hydrogen-bond acceptors (Lipinski definition) is 3. The first-order valence-corrected chi connectivity index (χ1v) is 6.68. The molecule has 0 spiro atoms. The van der Waals surface area contributed by atoms with Gasteiger partial charge in [0.05, 0.1) is 18.6 Å². The molecule has 0 saturated heterocycles. The van der Waals surface area contributed by atoms with Gasteiger partial charge in [0.25, 0.3) is 0 Å². The standard InChI is InChI=1S/C16H15FN4/c1-12(13-8-14(17)10-19-9-13)20-15-2-4-16(5-3-15)21-7-6-18-11-21/h2-12,20H,1H3/t12-/m1/s1. The highest BCUT2D eigenvalue weighted by molar-refractivity contribution is 5.50. The van der Waals surface area contributed by atoms with E-state index in [0.29, 0.717) is 0 Å². The van der Waals surface area contributed by atoms with Crippen LogP contribution >= 0.6 is 0 Å². The molecule has 3 aromatic rings. The highest BCUT2D eigenvalue weighted by Gasteiger charge is 2.07. The summed E-state index contributed by atoms with van der Waals surface area (Å²) in [6, 6.07) is 9.44. The third-order valence-electron chi connectivity index (χ3n) is 3.28. The number of nitrogens with zero attached hydrogens (tertiary/aromatic N) is 3. The van der Waals surface area contributed by atoms with Crippen LogP contribution in [0, 0.1) is 5.82 Å². The van der Waals surface area contributed by atoms with Gasteiger partial charge in [0.2, 0.25) is 0 Å². The van der Waals surface area contributed by atoms with Crippen molar-refractivity contribution in [2.75, 3.05) is 5.32 Å². The van der Waals surface area contributed by atoms with E-state index in [9.17, 15) is 4.39 Å². The third kappa shape index (κ3) is 3.08. The molecule has 0 aliphatic carbocycles. The van der Waals surface area contributed by atoms with Gasteiger partial charge in [-0.15, -0.1) is 0 Å². The molecule has 2 aromatic heterocycles. The summed E-state index contributed by atoms with van der Waals surface area (Å²) in [5.41, 5.74) is 2.82. The van der Waals surface area contributed by atoms with Gasteiger partial charge in [-0.3, -0.25) is 4.98 Å². The summed E-state index contributed by atoms with van der Waals surface area (Å²) in [7, 11) is 0. The van der Waals surface area contributed by atoms with Gasteiger partial charge < -0.3 is 9.88 Å². The third-order valence-corrected chi connectivity index (χ3v) is 3.28. The van der Waals surface area contributed by atoms with Gasteiger partial charge in [-0.2, -0.15) is 0 Å². The van der Waals surface area contributed by atoms with Crippen molar-refractivity contribution in [1.82, 2.24) is 14.5 Å². The summed E-state index contributed by atoms with van der Waals surface area (Å²) in [5.74, 6) is -0.323. The number of halogens is 1. The van der Waals surface area contributed by atoms with E-state index in [-0.39, 0.29) is 11.9 Å². The van der Waals surface area contributed by atoms with Gasteiger partial charge in [-0.25, -0.2) is 9.37 Å². The Morgan fingerprint density at radius 1 is 1.14 bits per heavy atom. The summed E-state index contributed by atoms with van der Waals surface area (Å²) >= 11 is 0. The van der Waals surface area contributed by atoms with Gasteiger partial charge in [0, 0.05) is 30.0 Å². The van der Waals surface area contributed by atoms with Crippen molar-refractivity contribution in [2.24, 2.45) is 0 Å². The largest absolute Gasteiger partial charge is 0.378 e. The first kappa shape index (κ1) is 13.3. The topological polar surface area (TPSA) is 42.7 Å². The van der Waals surface area contributed by atoms with Crippen LogP contribution in [0.3, 0.4) is 0 Å². The number of benzene rings is 1. The lowest BCUT2D eigenvalue weighted by Crippen LogP contribution is -2.07. The van der Waals surface area contributed by atoms with Crippen molar-refractivity contribution in [3.8, 4) is 5.69 Å². The van der Waals surface area contributed by atoms with Gasteiger partial charge in [0.1, 0.15) is 5.82 Å². The van der Waals surface area contributed by atoms with E-state index in [0.717, 1.165) is 16.9 Å². The predicted octanol–water partition coefficient (Wildman–Crippen LogP) is 3.58. The minimum Gasteiger partial charge on any atom is -0.378 e. The van der Waals surface area contributed by atoms with Gasteiger partial charge >= 0.3 is 0 Å². The summed E-state index contributed by atoms with van der Waals surface area (Å²) < 4.78 is 15.1. The zero-order valence-corrected chi connectivity index (χ0v) is 11.6. The SMILES string of the molecule is C[C@@H](Nc1ccc(-n2ccnc2)cc1)c1cncc(F)c1. The summed E-state index contributed by atoms with van der Waals surface area (Å²) in [5, 5.41) is 3.33. The summed E-state index contributed by atoms with van der Waals surface area (Å²) in [6.45, 7) is 1.97. The maximum absolute atomic E-state index is 13.2. The molecule has 0 aliphatic rings. The van der Waals surface area contributed by atoms with Crippen molar-refractivity contribution < 1.29 is 4.39 Å². The Morgan fingerprint density at radius 3 is 2.62 bits per heavy atom. The molecular formula is C16H15FN4. The lowest BCUT2D eigenvalue weighted by atomic mass is 10.1. The van der Waals surface area contributed by atoms with Crippen molar-refractivity contribution in [3.05, 3.63) is 72.8 Å². The first-order chi connectivity index (χ1) is 10.2. The molecule has 21 heavy (non-hydrogen) atoms. The van der Waals surface area contributed by atoms with Crippen LogP contribution in [-0.4, -0.2) is 14.5 Å². The molecule has 3 rings (SSSR count). The van der Waals surface area contributed by atoms with E-state index in [2.05, 4.69) is 15.3 Å². The molecule has 0 aliphatic heterocycles. The molecule has 5 heteroatoms. The summed E-state index contributed by atoms with van der Waals surface area (Å²) in [6.07, 6.45) is 8.26. The molecule has 106 valence electrons. The molecule has 0 unspecified atom stereocenters. The molecule has 0 fully saturated rings. The Bertz CT molecular complexity index is 707. The Balaban J connectivity index is 1.73. The maximum Gasteiger partial charge on any atom is 0.141 e. The average Bonchev–Trinajstić information content (AvgIpc) is 3.02. The van der Waals surface area contributed by atoms with Gasteiger partial charge in [-0.05, 0) is 42.8 Å². The van der Waals surface area contributed by atoms with Crippen LogP contribution in [0.15, 0.2) is 61.4 Å². The normalized spacial score (nSPS) is 12.1. The fourth-order valence-corrected chi connectivity index (χ4v) is 2.14. The second-order valence-electron chi connectivity index (χ2n) is 4.82. The van der Waals surface area contributed by atoms with Crippen molar-refractivity contribution >= 4 is 5.69 Å². The predicted molar refractivity (Wildman–Crippen MR) is 79.8 cm³/mol. The van der Waals surface area contributed by atoms with Crippen LogP contribution in [0.1, 0.15) is 18.5 Å². The van der Waals surface area contributed by atoms with Crippen LogP contribution in [0.25, 0.3) is 5.69 Å². The molecule has 0 radical (unpaired) electrons. The Kier molecular flexibility index (Phi) is 3.64. The van der Waals surface area contributed by atoms with Crippen LogP contribution in [0.4, 0.5) is 10.1 Å². The van der Waals surface area contributed by atoms with E-state index in [4.69, 9.17) is 0 Å². The van der Waals surface area contributed by atoms with E-state index < -0.39 is 0 Å².